The van der Waals surface area contributed by atoms with Crippen molar-refractivity contribution in [2.45, 2.75) is 13.0 Å². The van der Waals surface area contributed by atoms with Crippen LogP contribution >= 0.6 is 11.6 Å². The Kier molecular flexibility index (Phi) is 3.35. The van der Waals surface area contributed by atoms with Crippen LogP contribution in [0.2, 0.25) is 5.02 Å². The SMILES string of the molecule is Clc1cccc(-c2nc3c(o2)CCN(c2ccccc2)C3)c1. The summed E-state index contributed by atoms with van der Waals surface area (Å²) >= 11 is 6.05. The van der Waals surface area contributed by atoms with Gasteiger partial charge in [-0.25, -0.2) is 4.98 Å². The molecule has 0 bridgehead atoms. The topological polar surface area (TPSA) is 29.3 Å². The summed E-state index contributed by atoms with van der Waals surface area (Å²) in [6, 6.07) is 18.0. The van der Waals surface area contributed by atoms with Gasteiger partial charge in [-0.05, 0) is 30.3 Å². The lowest BCUT2D eigenvalue weighted by molar-refractivity contribution is 0.499. The number of para-hydroxylation sites is 1. The van der Waals surface area contributed by atoms with Crippen molar-refractivity contribution < 1.29 is 4.42 Å². The van der Waals surface area contributed by atoms with Crippen LogP contribution in [0, 0.1) is 0 Å². The molecule has 1 aliphatic rings. The second kappa shape index (κ2) is 5.50. The van der Waals surface area contributed by atoms with E-state index in [0.717, 1.165) is 36.5 Å². The van der Waals surface area contributed by atoms with Crippen LogP contribution in [-0.2, 0) is 13.0 Å². The molecule has 1 aromatic heterocycles. The van der Waals surface area contributed by atoms with E-state index in [1.807, 2.05) is 30.3 Å². The molecule has 0 atom stereocenters. The molecule has 0 fully saturated rings. The minimum atomic E-state index is 0.655. The van der Waals surface area contributed by atoms with Crippen molar-refractivity contribution in [3.8, 4) is 11.5 Å². The Hall–Kier alpha value is -2.26. The van der Waals surface area contributed by atoms with Crippen LogP contribution < -0.4 is 4.90 Å². The average Bonchev–Trinajstić information content (AvgIpc) is 2.99. The minimum Gasteiger partial charge on any atom is -0.441 e. The number of hydrogen-bond acceptors (Lipinski definition) is 3. The average molecular weight is 311 g/mol. The summed E-state index contributed by atoms with van der Waals surface area (Å²) in [6.45, 7) is 1.73. The first-order valence-corrected chi connectivity index (χ1v) is 7.72. The fourth-order valence-electron chi connectivity index (χ4n) is 2.80. The molecule has 0 unspecified atom stereocenters. The summed E-state index contributed by atoms with van der Waals surface area (Å²) in [4.78, 5) is 7.00. The maximum atomic E-state index is 6.05. The van der Waals surface area contributed by atoms with E-state index in [9.17, 15) is 0 Å². The molecular weight excluding hydrogens is 296 g/mol. The van der Waals surface area contributed by atoms with Crippen molar-refractivity contribution in [3.63, 3.8) is 0 Å². The Morgan fingerprint density at radius 3 is 2.73 bits per heavy atom. The Labute approximate surface area is 134 Å². The van der Waals surface area contributed by atoms with Gasteiger partial charge in [-0.15, -0.1) is 0 Å². The van der Waals surface area contributed by atoms with Crippen LogP contribution in [0.3, 0.4) is 0 Å². The molecule has 1 aliphatic heterocycles. The number of aromatic nitrogens is 1. The van der Waals surface area contributed by atoms with Gasteiger partial charge in [0, 0.05) is 29.2 Å². The van der Waals surface area contributed by atoms with Gasteiger partial charge in [0.05, 0.1) is 6.54 Å². The lowest BCUT2D eigenvalue weighted by atomic mass is 10.1. The predicted octanol–water partition coefficient (Wildman–Crippen LogP) is 4.56. The molecule has 0 radical (unpaired) electrons. The third kappa shape index (κ3) is 2.48. The van der Waals surface area contributed by atoms with Gasteiger partial charge in [0.2, 0.25) is 5.89 Å². The number of hydrogen-bond donors (Lipinski definition) is 0. The number of nitrogens with zero attached hydrogens (tertiary/aromatic N) is 2. The van der Waals surface area contributed by atoms with Crippen LogP contribution in [0.25, 0.3) is 11.5 Å². The number of oxazole rings is 1. The van der Waals surface area contributed by atoms with Crippen LogP contribution in [0.4, 0.5) is 5.69 Å². The molecule has 4 rings (SSSR count). The van der Waals surface area contributed by atoms with Crippen molar-refractivity contribution in [2.24, 2.45) is 0 Å². The predicted molar refractivity (Wildman–Crippen MR) is 88.1 cm³/mol. The first kappa shape index (κ1) is 13.4. The summed E-state index contributed by atoms with van der Waals surface area (Å²) in [5.41, 5.74) is 3.17. The minimum absolute atomic E-state index is 0.655. The third-order valence-electron chi connectivity index (χ3n) is 3.92. The lowest BCUT2D eigenvalue weighted by Gasteiger charge is -2.27. The summed E-state index contributed by atoms with van der Waals surface area (Å²) in [6.07, 6.45) is 0.873. The molecule has 0 saturated heterocycles. The van der Waals surface area contributed by atoms with Gasteiger partial charge in [-0.2, -0.15) is 0 Å². The van der Waals surface area contributed by atoms with Gasteiger partial charge in [0.15, 0.2) is 0 Å². The smallest absolute Gasteiger partial charge is 0.226 e. The summed E-state index contributed by atoms with van der Waals surface area (Å²) in [7, 11) is 0. The van der Waals surface area contributed by atoms with E-state index < -0.39 is 0 Å². The van der Waals surface area contributed by atoms with Crippen molar-refractivity contribution in [3.05, 3.63) is 71.1 Å². The standard InChI is InChI=1S/C18H15ClN2O/c19-14-6-4-5-13(11-14)18-20-16-12-21(10-9-17(16)22-18)15-7-2-1-3-8-15/h1-8,11H,9-10,12H2. The zero-order chi connectivity index (χ0) is 14.9. The number of rotatable bonds is 2. The highest BCUT2D eigenvalue weighted by atomic mass is 35.5. The normalized spacial score (nSPS) is 14.0. The van der Waals surface area contributed by atoms with E-state index in [1.54, 1.807) is 0 Å². The Bertz CT molecular complexity index is 798. The molecule has 0 amide bonds. The van der Waals surface area contributed by atoms with Crippen molar-refractivity contribution in [1.82, 2.24) is 4.98 Å². The number of halogens is 1. The fourth-order valence-corrected chi connectivity index (χ4v) is 2.99. The van der Waals surface area contributed by atoms with Crippen LogP contribution in [0.1, 0.15) is 11.5 Å². The molecule has 3 nitrogen and oxygen atoms in total. The van der Waals surface area contributed by atoms with Crippen LogP contribution in [-0.4, -0.2) is 11.5 Å². The van der Waals surface area contributed by atoms with Crippen molar-refractivity contribution >= 4 is 17.3 Å². The molecule has 0 N–H and O–H groups in total. The largest absolute Gasteiger partial charge is 0.441 e. The summed E-state index contributed by atoms with van der Waals surface area (Å²) in [5.74, 6) is 1.64. The third-order valence-corrected chi connectivity index (χ3v) is 4.16. The van der Waals surface area contributed by atoms with Crippen molar-refractivity contribution in [2.75, 3.05) is 11.4 Å². The Morgan fingerprint density at radius 2 is 1.91 bits per heavy atom. The van der Waals surface area contributed by atoms with E-state index in [4.69, 9.17) is 16.0 Å². The van der Waals surface area contributed by atoms with Crippen LogP contribution in [0.5, 0.6) is 0 Å². The zero-order valence-electron chi connectivity index (χ0n) is 12.0. The molecule has 4 heteroatoms. The molecule has 0 aliphatic carbocycles. The first-order chi connectivity index (χ1) is 10.8. The molecular formula is C18H15ClN2O. The highest BCUT2D eigenvalue weighted by Gasteiger charge is 2.22. The van der Waals surface area contributed by atoms with Gasteiger partial charge >= 0.3 is 0 Å². The van der Waals surface area contributed by atoms with Gasteiger partial charge in [-0.3, -0.25) is 0 Å². The summed E-state index contributed by atoms with van der Waals surface area (Å²) < 4.78 is 5.93. The van der Waals surface area contributed by atoms with E-state index >= 15 is 0 Å². The quantitative estimate of drug-likeness (QED) is 0.695. The second-order valence-corrected chi connectivity index (χ2v) is 5.84. The van der Waals surface area contributed by atoms with Gasteiger partial charge in [0.1, 0.15) is 11.5 Å². The molecule has 0 spiro atoms. The molecule has 3 aromatic rings. The molecule has 0 saturated carbocycles. The van der Waals surface area contributed by atoms with Crippen LogP contribution in [0.15, 0.2) is 59.0 Å². The van der Waals surface area contributed by atoms with E-state index in [0.29, 0.717) is 10.9 Å². The number of benzene rings is 2. The maximum absolute atomic E-state index is 6.05. The molecule has 110 valence electrons. The highest BCUT2D eigenvalue weighted by Crippen LogP contribution is 2.29. The maximum Gasteiger partial charge on any atom is 0.226 e. The van der Waals surface area contributed by atoms with Gasteiger partial charge < -0.3 is 9.32 Å². The second-order valence-electron chi connectivity index (χ2n) is 5.41. The molecule has 2 aromatic carbocycles. The van der Waals surface area contributed by atoms with E-state index in [2.05, 4.69) is 34.1 Å². The number of fused-ring (bicyclic) bond motifs is 1. The fraction of sp³-hybridized carbons (Fsp3) is 0.167. The molecule has 22 heavy (non-hydrogen) atoms. The van der Waals surface area contributed by atoms with Gasteiger partial charge in [0.25, 0.3) is 0 Å². The monoisotopic (exact) mass is 310 g/mol. The summed E-state index contributed by atoms with van der Waals surface area (Å²) in [5, 5.41) is 0.694. The molecule has 2 heterocycles. The van der Waals surface area contributed by atoms with E-state index in [1.165, 1.54) is 5.69 Å². The van der Waals surface area contributed by atoms with E-state index in [-0.39, 0.29) is 0 Å². The Balaban J connectivity index is 1.64. The van der Waals surface area contributed by atoms with Gasteiger partial charge in [-0.1, -0.05) is 35.9 Å². The first-order valence-electron chi connectivity index (χ1n) is 7.34. The zero-order valence-corrected chi connectivity index (χ0v) is 12.8. The lowest BCUT2D eigenvalue weighted by Crippen LogP contribution is -2.29. The number of anilines is 1. The van der Waals surface area contributed by atoms with Crippen molar-refractivity contribution in [1.29, 1.82) is 0 Å². The highest BCUT2D eigenvalue weighted by molar-refractivity contribution is 6.30. The Morgan fingerprint density at radius 1 is 1.05 bits per heavy atom.